The van der Waals surface area contributed by atoms with E-state index in [2.05, 4.69) is 10.3 Å². The summed E-state index contributed by atoms with van der Waals surface area (Å²) < 4.78 is 27.5. The molecule has 1 aromatic heterocycles. The van der Waals surface area contributed by atoms with Gasteiger partial charge in [0.05, 0.1) is 10.6 Å². The number of hydrogen-bond donors (Lipinski definition) is 1. The van der Waals surface area contributed by atoms with E-state index in [1.54, 1.807) is 23.5 Å². The molecule has 9 heteroatoms. The number of carbonyl (C=O) groups excluding carboxylic acids is 1. The van der Waals surface area contributed by atoms with Crippen LogP contribution in [-0.4, -0.2) is 43.0 Å². The van der Waals surface area contributed by atoms with Crippen LogP contribution in [0, 0.1) is 5.92 Å². The topological polar surface area (TPSA) is 79.4 Å². The third-order valence-electron chi connectivity index (χ3n) is 5.34. The SMILES string of the molecule is CSc1ccccc1S(=O)(=O)N1CCC(C(=O)Nc2nc3c(s2)CCC3)CC1. The molecule has 1 amide bonds. The molecule has 1 saturated heterocycles. The van der Waals surface area contributed by atoms with Crippen molar-refractivity contribution in [3.63, 3.8) is 0 Å². The van der Waals surface area contributed by atoms with Crippen molar-refractivity contribution >= 4 is 44.2 Å². The molecule has 0 unspecified atom stereocenters. The molecule has 6 nitrogen and oxygen atoms in total. The summed E-state index contributed by atoms with van der Waals surface area (Å²) in [6.45, 7) is 0.717. The van der Waals surface area contributed by atoms with Gasteiger partial charge >= 0.3 is 0 Å². The minimum absolute atomic E-state index is 0.0472. The summed E-state index contributed by atoms with van der Waals surface area (Å²) in [4.78, 5) is 19.5. The molecule has 2 aromatic rings. The molecule has 2 heterocycles. The summed E-state index contributed by atoms with van der Waals surface area (Å²) in [6, 6.07) is 7.07. The fraction of sp³-hybridized carbons (Fsp3) is 0.474. The number of hydrogen-bond acceptors (Lipinski definition) is 6. The molecule has 1 aromatic carbocycles. The molecule has 1 N–H and O–H groups in total. The first-order chi connectivity index (χ1) is 13.5. The molecule has 2 aliphatic rings. The Morgan fingerprint density at radius 1 is 1.25 bits per heavy atom. The van der Waals surface area contributed by atoms with Crippen molar-refractivity contribution < 1.29 is 13.2 Å². The first kappa shape index (κ1) is 19.9. The van der Waals surface area contributed by atoms with Crippen LogP contribution >= 0.6 is 23.1 Å². The standard InChI is InChI=1S/C19H23N3O3S3/c1-26-16-6-2-3-8-17(16)28(24,25)22-11-9-13(10-12-22)18(23)21-19-20-14-5-4-7-15(14)27-19/h2-3,6,8,13H,4-5,7,9-12H2,1H3,(H,20,21,23). The highest BCUT2D eigenvalue weighted by molar-refractivity contribution is 7.99. The highest BCUT2D eigenvalue weighted by atomic mass is 32.2. The average molecular weight is 438 g/mol. The number of nitrogens with one attached hydrogen (secondary N) is 1. The fourth-order valence-electron chi connectivity index (χ4n) is 3.78. The molecule has 150 valence electrons. The van der Waals surface area contributed by atoms with Crippen LogP contribution in [0.3, 0.4) is 0 Å². The molecular weight excluding hydrogens is 414 g/mol. The Morgan fingerprint density at radius 2 is 2.00 bits per heavy atom. The van der Waals surface area contributed by atoms with Crippen LogP contribution < -0.4 is 5.32 Å². The molecule has 28 heavy (non-hydrogen) atoms. The lowest BCUT2D eigenvalue weighted by Gasteiger charge is -2.30. The van der Waals surface area contributed by atoms with Gasteiger partial charge in [-0.3, -0.25) is 4.79 Å². The second-order valence-electron chi connectivity index (χ2n) is 7.06. The van der Waals surface area contributed by atoms with Crippen molar-refractivity contribution in [3.05, 3.63) is 34.8 Å². The Hall–Kier alpha value is -1.42. The van der Waals surface area contributed by atoms with Gasteiger partial charge in [0.2, 0.25) is 15.9 Å². The maximum Gasteiger partial charge on any atom is 0.244 e. The third kappa shape index (κ3) is 3.85. The minimum Gasteiger partial charge on any atom is -0.302 e. The Kier molecular flexibility index (Phi) is 5.78. The van der Waals surface area contributed by atoms with E-state index < -0.39 is 10.0 Å². The monoisotopic (exact) mass is 437 g/mol. The van der Waals surface area contributed by atoms with Crippen molar-refractivity contribution in [2.24, 2.45) is 5.92 Å². The molecule has 0 bridgehead atoms. The quantitative estimate of drug-likeness (QED) is 0.726. The number of nitrogens with zero attached hydrogens (tertiary/aromatic N) is 2. The first-order valence-corrected chi connectivity index (χ1v) is 12.9. The number of amides is 1. The second-order valence-corrected chi connectivity index (χ2v) is 10.9. The Bertz CT molecular complexity index is 958. The van der Waals surface area contributed by atoms with Gasteiger partial charge in [-0.15, -0.1) is 23.1 Å². The van der Waals surface area contributed by atoms with E-state index >= 15 is 0 Å². The van der Waals surface area contributed by atoms with E-state index in [0.29, 0.717) is 36.0 Å². The number of fused-ring (bicyclic) bond motifs is 1. The molecule has 1 fully saturated rings. The number of thioether (sulfide) groups is 1. The number of thiazole rings is 1. The first-order valence-electron chi connectivity index (χ1n) is 9.41. The van der Waals surface area contributed by atoms with Crippen LogP contribution in [0.1, 0.15) is 29.8 Å². The Labute approximate surface area is 173 Å². The summed E-state index contributed by atoms with van der Waals surface area (Å²) in [5, 5.41) is 3.62. The predicted molar refractivity (Wildman–Crippen MR) is 112 cm³/mol. The van der Waals surface area contributed by atoms with Crippen molar-refractivity contribution in [1.29, 1.82) is 0 Å². The number of aryl methyl sites for hydroxylation is 2. The van der Waals surface area contributed by atoms with Crippen LogP contribution in [0.2, 0.25) is 0 Å². The number of rotatable bonds is 5. The molecule has 1 aliphatic heterocycles. The average Bonchev–Trinajstić information content (AvgIpc) is 3.29. The minimum atomic E-state index is -3.54. The van der Waals surface area contributed by atoms with Crippen LogP contribution in [0.15, 0.2) is 34.1 Å². The summed E-state index contributed by atoms with van der Waals surface area (Å²) >= 11 is 3.00. The highest BCUT2D eigenvalue weighted by Gasteiger charge is 2.33. The molecule has 4 rings (SSSR count). The van der Waals surface area contributed by atoms with Gasteiger partial charge in [-0.25, -0.2) is 13.4 Å². The van der Waals surface area contributed by atoms with E-state index in [4.69, 9.17) is 0 Å². The molecule has 1 aliphatic carbocycles. The van der Waals surface area contributed by atoms with Crippen LogP contribution in [0.4, 0.5) is 5.13 Å². The second kappa shape index (κ2) is 8.14. The zero-order valence-corrected chi connectivity index (χ0v) is 18.1. The molecule has 0 saturated carbocycles. The molecule has 0 atom stereocenters. The van der Waals surface area contributed by atoms with Gasteiger partial charge in [-0.1, -0.05) is 12.1 Å². The third-order valence-corrected chi connectivity index (χ3v) is 9.29. The van der Waals surface area contributed by atoms with Crippen molar-refractivity contribution in [3.8, 4) is 0 Å². The molecule has 0 spiro atoms. The van der Waals surface area contributed by atoms with Gasteiger partial charge in [-0.05, 0) is 50.5 Å². The van der Waals surface area contributed by atoms with Gasteiger partial charge in [0.15, 0.2) is 5.13 Å². The molecular formula is C19H23N3O3S3. The van der Waals surface area contributed by atoms with Gasteiger partial charge in [-0.2, -0.15) is 4.31 Å². The summed E-state index contributed by atoms with van der Waals surface area (Å²) in [7, 11) is -3.54. The maximum atomic E-state index is 13.0. The van der Waals surface area contributed by atoms with Gasteiger partial charge in [0.25, 0.3) is 0 Å². The van der Waals surface area contributed by atoms with Gasteiger partial charge < -0.3 is 5.32 Å². The van der Waals surface area contributed by atoms with E-state index in [-0.39, 0.29) is 11.8 Å². The lowest BCUT2D eigenvalue weighted by atomic mass is 9.97. The van der Waals surface area contributed by atoms with Gasteiger partial charge in [0.1, 0.15) is 0 Å². The van der Waals surface area contributed by atoms with Crippen LogP contribution in [0.25, 0.3) is 0 Å². The maximum absolute atomic E-state index is 13.0. The Morgan fingerprint density at radius 3 is 2.71 bits per heavy atom. The number of anilines is 1. The zero-order chi connectivity index (χ0) is 19.7. The number of aromatic nitrogens is 1. The van der Waals surface area contributed by atoms with Gasteiger partial charge in [0, 0.05) is 28.8 Å². The smallest absolute Gasteiger partial charge is 0.244 e. The fourth-order valence-corrected chi connectivity index (χ4v) is 7.43. The number of piperidine rings is 1. The van der Waals surface area contributed by atoms with Crippen molar-refractivity contribution in [2.45, 2.75) is 41.9 Å². The largest absolute Gasteiger partial charge is 0.302 e. The lowest BCUT2D eigenvalue weighted by Crippen LogP contribution is -2.41. The summed E-state index contributed by atoms with van der Waals surface area (Å²) in [6.07, 6.45) is 6.12. The number of carbonyl (C=O) groups is 1. The van der Waals surface area contributed by atoms with E-state index in [9.17, 15) is 13.2 Å². The van der Waals surface area contributed by atoms with E-state index in [1.165, 1.54) is 20.9 Å². The Balaban J connectivity index is 1.39. The van der Waals surface area contributed by atoms with Crippen LogP contribution in [-0.2, 0) is 27.7 Å². The van der Waals surface area contributed by atoms with Crippen LogP contribution in [0.5, 0.6) is 0 Å². The zero-order valence-electron chi connectivity index (χ0n) is 15.7. The summed E-state index contributed by atoms with van der Waals surface area (Å²) in [5.41, 5.74) is 1.12. The van der Waals surface area contributed by atoms with E-state index in [0.717, 1.165) is 29.9 Å². The number of benzene rings is 1. The summed E-state index contributed by atoms with van der Waals surface area (Å²) in [5.74, 6) is -0.227. The van der Waals surface area contributed by atoms with Crippen molar-refractivity contribution in [2.75, 3.05) is 24.7 Å². The lowest BCUT2D eigenvalue weighted by molar-refractivity contribution is -0.120. The normalized spacial score (nSPS) is 18.2. The highest BCUT2D eigenvalue weighted by Crippen LogP contribution is 2.32. The van der Waals surface area contributed by atoms with E-state index in [1.807, 2.05) is 18.4 Å². The van der Waals surface area contributed by atoms with Crippen molar-refractivity contribution in [1.82, 2.24) is 9.29 Å². The number of sulfonamides is 1. The molecule has 0 radical (unpaired) electrons. The predicted octanol–water partition coefficient (Wildman–Crippen LogP) is 3.39.